The summed E-state index contributed by atoms with van der Waals surface area (Å²) < 4.78 is 9.79. The number of anilines is 1. The molecule has 0 spiro atoms. The van der Waals surface area contributed by atoms with E-state index in [0.717, 1.165) is 0 Å². The first-order valence-corrected chi connectivity index (χ1v) is 5.36. The van der Waals surface area contributed by atoms with Crippen molar-refractivity contribution in [1.29, 1.82) is 0 Å². The molecule has 1 unspecified atom stereocenters. The topological polar surface area (TPSA) is 98.9 Å². The van der Waals surface area contributed by atoms with E-state index in [1.165, 1.54) is 25.3 Å². The molecular weight excluding hydrogens is 238 g/mol. The fourth-order valence-corrected chi connectivity index (χ4v) is 1.36. The Kier molecular flexibility index (Phi) is 4.53. The number of benzene rings is 1. The van der Waals surface area contributed by atoms with Gasteiger partial charge in [-0.2, -0.15) is 0 Å². The van der Waals surface area contributed by atoms with Gasteiger partial charge in [-0.05, 0) is 24.6 Å². The lowest BCUT2D eigenvalue weighted by atomic mass is 10.2. The Morgan fingerprint density at radius 1 is 1.44 bits per heavy atom. The van der Waals surface area contributed by atoms with Crippen LogP contribution in [0.2, 0.25) is 0 Å². The summed E-state index contributed by atoms with van der Waals surface area (Å²) in [7, 11) is 1.26. The van der Waals surface area contributed by atoms with Crippen molar-refractivity contribution in [3.05, 3.63) is 23.8 Å². The second kappa shape index (κ2) is 5.90. The van der Waals surface area contributed by atoms with Crippen LogP contribution in [0, 0.1) is 0 Å². The van der Waals surface area contributed by atoms with E-state index in [1.54, 1.807) is 6.92 Å². The maximum absolute atomic E-state index is 11.3. The average molecular weight is 253 g/mol. The van der Waals surface area contributed by atoms with E-state index in [9.17, 15) is 9.59 Å². The third-order valence-corrected chi connectivity index (χ3v) is 2.35. The van der Waals surface area contributed by atoms with Gasteiger partial charge >= 0.3 is 11.9 Å². The third-order valence-electron chi connectivity index (χ3n) is 2.35. The number of ether oxygens (including phenoxy) is 2. The Labute approximate surface area is 104 Å². The first-order chi connectivity index (χ1) is 8.49. The molecule has 0 amide bonds. The van der Waals surface area contributed by atoms with Crippen LogP contribution in [-0.4, -0.2) is 30.3 Å². The molecule has 0 heterocycles. The number of carbonyl (C=O) groups is 2. The molecule has 0 radical (unpaired) electrons. The molecular formula is C12H15NO5. The molecule has 0 fully saturated rings. The van der Waals surface area contributed by atoms with Gasteiger partial charge in [-0.15, -0.1) is 0 Å². The van der Waals surface area contributed by atoms with Crippen molar-refractivity contribution in [2.24, 2.45) is 0 Å². The summed E-state index contributed by atoms with van der Waals surface area (Å²) in [4.78, 5) is 22.1. The number of nitrogen functional groups attached to an aromatic ring is 1. The number of carbonyl (C=O) groups excluding carboxylic acids is 1. The van der Waals surface area contributed by atoms with Gasteiger partial charge in [0.1, 0.15) is 5.75 Å². The normalized spacial score (nSPS) is 11.7. The van der Waals surface area contributed by atoms with Crippen LogP contribution in [0.25, 0.3) is 0 Å². The minimum absolute atomic E-state index is 0.192. The minimum Gasteiger partial charge on any atom is -0.479 e. The largest absolute Gasteiger partial charge is 0.479 e. The molecule has 0 aromatic heterocycles. The Balaban J connectivity index is 2.92. The average Bonchev–Trinajstić information content (AvgIpc) is 2.35. The first kappa shape index (κ1) is 13.8. The van der Waals surface area contributed by atoms with Crippen LogP contribution in [0.5, 0.6) is 5.75 Å². The number of aliphatic carboxylic acids is 1. The quantitative estimate of drug-likeness (QED) is 0.606. The molecule has 6 nitrogen and oxygen atoms in total. The van der Waals surface area contributed by atoms with Gasteiger partial charge < -0.3 is 20.3 Å². The van der Waals surface area contributed by atoms with Gasteiger partial charge in [0.15, 0.2) is 6.10 Å². The number of carboxylic acid groups (broad SMARTS) is 1. The molecule has 0 aliphatic carbocycles. The molecule has 98 valence electrons. The van der Waals surface area contributed by atoms with Crippen molar-refractivity contribution in [2.75, 3.05) is 12.8 Å². The monoisotopic (exact) mass is 253 g/mol. The van der Waals surface area contributed by atoms with E-state index in [0.29, 0.717) is 6.42 Å². The molecule has 0 aliphatic heterocycles. The molecule has 1 rings (SSSR count). The number of methoxy groups -OCH3 is 1. The van der Waals surface area contributed by atoms with Gasteiger partial charge in [0.25, 0.3) is 0 Å². The van der Waals surface area contributed by atoms with Crippen molar-refractivity contribution in [2.45, 2.75) is 19.4 Å². The fourth-order valence-electron chi connectivity index (χ4n) is 1.36. The number of hydrogen-bond donors (Lipinski definition) is 2. The summed E-state index contributed by atoms with van der Waals surface area (Å²) in [5, 5.41) is 8.87. The van der Waals surface area contributed by atoms with E-state index >= 15 is 0 Å². The SMILES string of the molecule is CCC(Oc1ccc(C(=O)OC)cc1N)C(=O)O. The van der Waals surface area contributed by atoms with Gasteiger partial charge in [-0.25, -0.2) is 9.59 Å². The zero-order chi connectivity index (χ0) is 13.7. The lowest BCUT2D eigenvalue weighted by Gasteiger charge is -2.15. The van der Waals surface area contributed by atoms with Crippen LogP contribution in [0.3, 0.4) is 0 Å². The van der Waals surface area contributed by atoms with Crippen LogP contribution < -0.4 is 10.5 Å². The van der Waals surface area contributed by atoms with Gasteiger partial charge in [0, 0.05) is 0 Å². The zero-order valence-electron chi connectivity index (χ0n) is 10.2. The number of esters is 1. The van der Waals surface area contributed by atoms with Gasteiger partial charge in [-0.3, -0.25) is 0 Å². The van der Waals surface area contributed by atoms with E-state index < -0.39 is 18.0 Å². The number of hydrogen-bond acceptors (Lipinski definition) is 5. The summed E-state index contributed by atoms with van der Waals surface area (Å²) in [5.74, 6) is -1.34. The third kappa shape index (κ3) is 3.13. The van der Waals surface area contributed by atoms with Crippen molar-refractivity contribution >= 4 is 17.6 Å². The number of nitrogens with two attached hydrogens (primary N) is 1. The fraction of sp³-hybridized carbons (Fsp3) is 0.333. The molecule has 1 aromatic rings. The van der Waals surface area contributed by atoms with Crippen molar-refractivity contribution in [1.82, 2.24) is 0 Å². The smallest absolute Gasteiger partial charge is 0.344 e. The van der Waals surface area contributed by atoms with Crippen molar-refractivity contribution < 1.29 is 24.2 Å². The summed E-state index contributed by atoms with van der Waals surface area (Å²) in [6, 6.07) is 4.30. The first-order valence-electron chi connectivity index (χ1n) is 5.36. The Morgan fingerprint density at radius 3 is 2.56 bits per heavy atom. The highest BCUT2D eigenvalue weighted by molar-refractivity contribution is 5.91. The van der Waals surface area contributed by atoms with Gasteiger partial charge in [0.2, 0.25) is 0 Å². The Hall–Kier alpha value is -2.24. The van der Waals surface area contributed by atoms with Crippen LogP contribution in [0.1, 0.15) is 23.7 Å². The Bertz CT molecular complexity index is 458. The molecule has 3 N–H and O–H groups in total. The highest BCUT2D eigenvalue weighted by Gasteiger charge is 2.18. The van der Waals surface area contributed by atoms with Gasteiger partial charge in [0.05, 0.1) is 18.4 Å². The molecule has 0 bridgehead atoms. The molecule has 6 heteroatoms. The zero-order valence-corrected chi connectivity index (χ0v) is 10.2. The highest BCUT2D eigenvalue weighted by atomic mass is 16.5. The standard InChI is InChI=1S/C12H15NO5/c1-3-9(11(14)15)18-10-5-4-7(6-8(10)13)12(16)17-2/h4-6,9H,3,13H2,1-2H3,(H,14,15). The second-order valence-corrected chi connectivity index (χ2v) is 3.60. The maximum Gasteiger partial charge on any atom is 0.344 e. The summed E-state index contributed by atoms with van der Waals surface area (Å²) in [5.41, 5.74) is 6.17. The van der Waals surface area contributed by atoms with E-state index in [2.05, 4.69) is 4.74 Å². The predicted octanol–water partition coefficient (Wildman–Crippen LogP) is 1.30. The molecule has 18 heavy (non-hydrogen) atoms. The molecule has 0 aliphatic rings. The maximum atomic E-state index is 11.3. The molecule has 1 atom stereocenters. The Morgan fingerprint density at radius 2 is 2.11 bits per heavy atom. The van der Waals surface area contributed by atoms with E-state index in [-0.39, 0.29) is 17.0 Å². The van der Waals surface area contributed by atoms with Crippen molar-refractivity contribution in [3.8, 4) is 5.75 Å². The second-order valence-electron chi connectivity index (χ2n) is 3.60. The van der Waals surface area contributed by atoms with Crippen LogP contribution >= 0.6 is 0 Å². The van der Waals surface area contributed by atoms with Crippen molar-refractivity contribution in [3.63, 3.8) is 0 Å². The predicted molar refractivity (Wildman–Crippen MR) is 64.5 cm³/mol. The number of rotatable bonds is 5. The summed E-state index contributed by atoms with van der Waals surface area (Å²) in [6.45, 7) is 1.69. The van der Waals surface area contributed by atoms with Crippen LogP contribution in [0.4, 0.5) is 5.69 Å². The van der Waals surface area contributed by atoms with Gasteiger partial charge in [-0.1, -0.05) is 6.92 Å². The van der Waals surface area contributed by atoms with E-state index in [1.807, 2.05) is 0 Å². The van der Waals surface area contributed by atoms with Crippen LogP contribution in [0.15, 0.2) is 18.2 Å². The highest BCUT2D eigenvalue weighted by Crippen LogP contribution is 2.24. The lowest BCUT2D eigenvalue weighted by Crippen LogP contribution is -2.26. The number of carboxylic acids is 1. The summed E-state index contributed by atoms with van der Waals surface area (Å²) >= 11 is 0. The van der Waals surface area contributed by atoms with Crippen LogP contribution in [-0.2, 0) is 9.53 Å². The summed E-state index contributed by atoms with van der Waals surface area (Å²) in [6.07, 6.45) is -0.649. The molecule has 1 aromatic carbocycles. The van der Waals surface area contributed by atoms with E-state index in [4.69, 9.17) is 15.6 Å². The molecule has 0 saturated carbocycles. The lowest BCUT2D eigenvalue weighted by molar-refractivity contribution is -0.145. The molecule has 0 saturated heterocycles. The minimum atomic E-state index is -1.06.